The Hall–Kier alpha value is -2.56. The Balaban J connectivity index is 1.48. The summed E-state index contributed by atoms with van der Waals surface area (Å²) in [6.07, 6.45) is 0. The Morgan fingerprint density at radius 1 is 0.900 bits per heavy atom. The van der Waals surface area contributed by atoms with Crippen molar-refractivity contribution < 1.29 is 18.9 Å². The van der Waals surface area contributed by atoms with Gasteiger partial charge in [0, 0.05) is 17.8 Å². The van der Waals surface area contributed by atoms with Gasteiger partial charge in [-0.1, -0.05) is 6.07 Å². The topological polar surface area (TPSA) is 62.9 Å². The highest BCUT2D eigenvalue weighted by atomic mass is 16.7. The second-order valence-corrected chi connectivity index (χ2v) is 4.28. The highest BCUT2D eigenvalue weighted by molar-refractivity contribution is 5.47. The van der Waals surface area contributed by atoms with Gasteiger partial charge in [0.2, 0.25) is 6.79 Å². The van der Waals surface area contributed by atoms with Gasteiger partial charge in [0.15, 0.2) is 11.5 Å². The smallest absolute Gasteiger partial charge is 0.231 e. The molecule has 5 nitrogen and oxygen atoms in total. The summed E-state index contributed by atoms with van der Waals surface area (Å²) in [4.78, 5) is 0. The molecule has 0 atom stereocenters. The van der Waals surface area contributed by atoms with Gasteiger partial charge in [0.05, 0.1) is 0 Å². The molecule has 0 aliphatic carbocycles. The van der Waals surface area contributed by atoms with Crippen LogP contribution in [-0.2, 0) is 0 Å². The molecule has 0 bridgehead atoms. The average Bonchev–Trinajstić information content (AvgIpc) is 2.91. The van der Waals surface area contributed by atoms with Crippen molar-refractivity contribution in [3.63, 3.8) is 0 Å². The number of nitrogen functional groups attached to an aromatic ring is 1. The van der Waals surface area contributed by atoms with Gasteiger partial charge >= 0.3 is 0 Å². The molecule has 0 spiro atoms. The quantitative estimate of drug-likeness (QED) is 0.669. The lowest BCUT2D eigenvalue weighted by atomic mass is 10.3. The van der Waals surface area contributed by atoms with E-state index in [2.05, 4.69) is 0 Å². The van der Waals surface area contributed by atoms with E-state index in [1.54, 1.807) is 6.07 Å². The van der Waals surface area contributed by atoms with Crippen LogP contribution < -0.4 is 24.7 Å². The van der Waals surface area contributed by atoms with Crippen LogP contribution in [0, 0.1) is 0 Å². The maximum Gasteiger partial charge on any atom is 0.231 e. The fourth-order valence-electron chi connectivity index (χ4n) is 1.89. The Morgan fingerprint density at radius 3 is 2.45 bits per heavy atom. The molecule has 0 unspecified atom stereocenters. The number of anilines is 1. The number of hydrogen-bond donors (Lipinski definition) is 1. The first-order chi connectivity index (χ1) is 9.81. The predicted octanol–water partition coefficient (Wildman–Crippen LogP) is 2.46. The van der Waals surface area contributed by atoms with E-state index in [9.17, 15) is 0 Å². The third-order valence-corrected chi connectivity index (χ3v) is 2.82. The Bertz CT molecular complexity index is 600. The van der Waals surface area contributed by atoms with Gasteiger partial charge in [0.25, 0.3) is 0 Å². The molecule has 3 rings (SSSR count). The summed E-state index contributed by atoms with van der Waals surface area (Å²) in [6, 6.07) is 12.8. The molecule has 0 aromatic heterocycles. The molecule has 0 fully saturated rings. The van der Waals surface area contributed by atoms with Crippen molar-refractivity contribution in [2.24, 2.45) is 0 Å². The number of benzene rings is 2. The van der Waals surface area contributed by atoms with E-state index in [1.807, 2.05) is 36.4 Å². The van der Waals surface area contributed by atoms with Gasteiger partial charge in [-0.15, -0.1) is 0 Å². The minimum absolute atomic E-state index is 0.261. The van der Waals surface area contributed by atoms with Crippen LogP contribution in [0.25, 0.3) is 0 Å². The second-order valence-electron chi connectivity index (χ2n) is 4.28. The van der Waals surface area contributed by atoms with Crippen molar-refractivity contribution in [3.05, 3.63) is 42.5 Å². The van der Waals surface area contributed by atoms with Gasteiger partial charge in [0.1, 0.15) is 24.7 Å². The van der Waals surface area contributed by atoms with Crippen LogP contribution in [0.2, 0.25) is 0 Å². The zero-order valence-electron chi connectivity index (χ0n) is 10.9. The summed E-state index contributed by atoms with van der Waals surface area (Å²) < 4.78 is 21.6. The van der Waals surface area contributed by atoms with E-state index >= 15 is 0 Å². The molecule has 0 radical (unpaired) electrons. The van der Waals surface area contributed by atoms with Crippen LogP contribution in [0.4, 0.5) is 5.69 Å². The Labute approximate surface area is 116 Å². The number of fused-ring (bicyclic) bond motifs is 1. The molecule has 1 aliphatic heterocycles. The van der Waals surface area contributed by atoms with E-state index in [1.165, 1.54) is 0 Å². The monoisotopic (exact) mass is 273 g/mol. The number of rotatable bonds is 5. The third-order valence-electron chi connectivity index (χ3n) is 2.82. The Kier molecular flexibility index (Phi) is 3.50. The predicted molar refractivity (Wildman–Crippen MR) is 74.4 cm³/mol. The van der Waals surface area contributed by atoms with Gasteiger partial charge in [-0.05, 0) is 24.3 Å². The molecule has 2 aromatic rings. The van der Waals surface area contributed by atoms with Crippen molar-refractivity contribution in [3.8, 4) is 23.0 Å². The summed E-state index contributed by atoms with van der Waals surface area (Å²) in [5.74, 6) is 2.91. The van der Waals surface area contributed by atoms with Crippen molar-refractivity contribution >= 4 is 5.69 Å². The van der Waals surface area contributed by atoms with Gasteiger partial charge < -0.3 is 24.7 Å². The summed E-state index contributed by atoms with van der Waals surface area (Å²) in [5.41, 5.74) is 6.35. The fraction of sp³-hybridized carbons (Fsp3) is 0.200. The summed E-state index contributed by atoms with van der Waals surface area (Å²) in [5, 5.41) is 0. The minimum atomic E-state index is 0.261. The number of nitrogens with two attached hydrogens (primary N) is 1. The first-order valence-electron chi connectivity index (χ1n) is 6.32. The average molecular weight is 273 g/mol. The highest BCUT2D eigenvalue weighted by Crippen LogP contribution is 2.35. The van der Waals surface area contributed by atoms with Crippen molar-refractivity contribution in [2.75, 3.05) is 25.7 Å². The summed E-state index contributed by atoms with van der Waals surface area (Å²) in [6.45, 7) is 1.14. The van der Waals surface area contributed by atoms with Crippen LogP contribution in [0.3, 0.4) is 0 Å². The molecule has 2 aromatic carbocycles. The maximum absolute atomic E-state index is 5.67. The van der Waals surface area contributed by atoms with Gasteiger partial charge in [-0.25, -0.2) is 0 Å². The van der Waals surface area contributed by atoms with E-state index in [0.717, 1.165) is 17.2 Å². The second kappa shape index (κ2) is 5.61. The van der Waals surface area contributed by atoms with Crippen LogP contribution in [0.5, 0.6) is 23.0 Å². The third kappa shape index (κ3) is 2.88. The SMILES string of the molecule is Nc1cccc(OCCOc2ccc3c(c2)OCO3)c1. The molecule has 1 heterocycles. The van der Waals surface area contributed by atoms with E-state index < -0.39 is 0 Å². The molecule has 0 saturated carbocycles. The van der Waals surface area contributed by atoms with Crippen LogP contribution in [-0.4, -0.2) is 20.0 Å². The highest BCUT2D eigenvalue weighted by Gasteiger charge is 2.13. The van der Waals surface area contributed by atoms with E-state index in [-0.39, 0.29) is 6.79 Å². The molecule has 20 heavy (non-hydrogen) atoms. The lowest BCUT2D eigenvalue weighted by Gasteiger charge is -2.09. The zero-order chi connectivity index (χ0) is 13.8. The normalized spacial score (nSPS) is 12.2. The van der Waals surface area contributed by atoms with E-state index in [4.69, 9.17) is 24.7 Å². The first kappa shape index (κ1) is 12.5. The number of hydrogen-bond acceptors (Lipinski definition) is 5. The molecule has 104 valence electrons. The van der Waals surface area contributed by atoms with Crippen LogP contribution in [0.1, 0.15) is 0 Å². The van der Waals surface area contributed by atoms with Crippen molar-refractivity contribution in [1.82, 2.24) is 0 Å². The largest absolute Gasteiger partial charge is 0.490 e. The summed E-state index contributed by atoms with van der Waals surface area (Å²) >= 11 is 0. The fourth-order valence-corrected chi connectivity index (χ4v) is 1.89. The maximum atomic E-state index is 5.67. The van der Waals surface area contributed by atoms with Crippen LogP contribution in [0.15, 0.2) is 42.5 Å². The number of ether oxygens (including phenoxy) is 4. The molecule has 0 amide bonds. The van der Waals surface area contributed by atoms with E-state index in [0.29, 0.717) is 24.7 Å². The van der Waals surface area contributed by atoms with Crippen molar-refractivity contribution in [2.45, 2.75) is 0 Å². The molecular formula is C15H15NO4. The molecule has 0 saturated heterocycles. The molecule has 5 heteroatoms. The first-order valence-corrected chi connectivity index (χ1v) is 6.32. The standard InChI is InChI=1S/C15H15NO4/c16-11-2-1-3-12(8-11)17-6-7-18-13-4-5-14-15(9-13)20-10-19-14/h1-5,8-9H,6-7,10,16H2. The van der Waals surface area contributed by atoms with Gasteiger partial charge in [-0.2, -0.15) is 0 Å². The molecular weight excluding hydrogens is 258 g/mol. The van der Waals surface area contributed by atoms with Crippen LogP contribution >= 0.6 is 0 Å². The minimum Gasteiger partial charge on any atom is -0.490 e. The summed E-state index contributed by atoms with van der Waals surface area (Å²) in [7, 11) is 0. The lowest BCUT2D eigenvalue weighted by Crippen LogP contribution is -2.09. The van der Waals surface area contributed by atoms with Crippen molar-refractivity contribution in [1.29, 1.82) is 0 Å². The lowest BCUT2D eigenvalue weighted by molar-refractivity contribution is 0.173. The zero-order valence-corrected chi connectivity index (χ0v) is 10.9. The molecule has 2 N–H and O–H groups in total. The van der Waals surface area contributed by atoms with Gasteiger partial charge in [-0.3, -0.25) is 0 Å². The Morgan fingerprint density at radius 2 is 1.65 bits per heavy atom. The molecule has 1 aliphatic rings.